The molecule has 3 rings (SSSR count). The normalized spacial score (nSPS) is 11.8. The van der Waals surface area contributed by atoms with Crippen molar-refractivity contribution < 1.29 is 9.63 Å². The van der Waals surface area contributed by atoms with Gasteiger partial charge >= 0.3 is 5.97 Å². The second kappa shape index (κ2) is 5.66. The van der Waals surface area contributed by atoms with Gasteiger partial charge in [0, 0.05) is 4.88 Å². The minimum atomic E-state index is -0.567. The highest BCUT2D eigenvalue weighted by molar-refractivity contribution is 14.1. The minimum absolute atomic E-state index is 0.305. The summed E-state index contributed by atoms with van der Waals surface area (Å²) >= 11 is 3.82. The Labute approximate surface area is 146 Å². The van der Waals surface area contributed by atoms with Gasteiger partial charge in [-0.2, -0.15) is 0 Å². The Bertz CT molecular complexity index is 831. The fourth-order valence-corrected chi connectivity index (χ4v) is 3.69. The van der Waals surface area contributed by atoms with E-state index < -0.39 is 5.41 Å². The molecule has 0 spiro atoms. The Hall–Kier alpha value is -1.41. The number of carbonyl (C=O) groups is 1. The third-order valence-corrected chi connectivity index (χ3v) is 5.43. The number of fused-ring (bicyclic) bond motifs is 1. The van der Waals surface area contributed by atoms with Crippen molar-refractivity contribution in [1.29, 1.82) is 0 Å². The van der Waals surface area contributed by atoms with Gasteiger partial charge in [0.05, 0.1) is 10.1 Å². The maximum absolute atomic E-state index is 12.1. The zero-order valence-corrected chi connectivity index (χ0v) is 15.4. The lowest BCUT2D eigenvalue weighted by Gasteiger charge is -2.15. The molecule has 0 amide bonds. The molecule has 0 atom stereocenters. The second-order valence-corrected chi connectivity index (χ2v) is 8.06. The van der Waals surface area contributed by atoms with Crippen LogP contribution in [0.3, 0.4) is 0 Å². The number of rotatable bonds is 2. The van der Waals surface area contributed by atoms with Gasteiger partial charge in [-0.25, -0.2) is 4.79 Å². The zero-order chi connectivity index (χ0) is 15.9. The summed E-state index contributed by atoms with van der Waals surface area (Å²) in [6.07, 6.45) is 0. The Morgan fingerprint density at radius 1 is 1.27 bits per heavy atom. The van der Waals surface area contributed by atoms with Gasteiger partial charge in [0.2, 0.25) is 0 Å². The SMILES string of the molecule is CC(C)(C)C(=O)On1nc(I)c2sc(-c3ccccc3)cc21. The number of carbonyl (C=O) groups excluding carboxylic acids is 1. The van der Waals surface area contributed by atoms with Gasteiger partial charge in [-0.15, -0.1) is 16.4 Å². The van der Waals surface area contributed by atoms with E-state index in [9.17, 15) is 4.79 Å². The minimum Gasteiger partial charge on any atom is -0.318 e. The molecule has 0 bridgehead atoms. The molecule has 22 heavy (non-hydrogen) atoms. The summed E-state index contributed by atoms with van der Waals surface area (Å²) in [7, 11) is 0. The first-order valence-corrected chi connectivity index (χ1v) is 8.72. The van der Waals surface area contributed by atoms with E-state index in [0.717, 1.165) is 24.4 Å². The summed E-state index contributed by atoms with van der Waals surface area (Å²) in [5, 5.41) is 4.31. The van der Waals surface area contributed by atoms with Gasteiger partial charge in [-0.3, -0.25) is 0 Å². The smallest absolute Gasteiger partial charge is 0.318 e. The Morgan fingerprint density at radius 2 is 1.95 bits per heavy atom. The Balaban J connectivity index is 2.03. The molecule has 4 nitrogen and oxygen atoms in total. The first kappa shape index (κ1) is 15.5. The number of halogens is 1. The molecule has 2 heterocycles. The van der Waals surface area contributed by atoms with Crippen molar-refractivity contribution in [3.63, 3.8) is 0 Å². The highest BCUT2D eigenvalue weighted by Crippen LogP contribution is 2.35. The summed E-state index contributed by atoms with van der Waals surface area (Å²) < 4.78 is 1.86. The van der Waals surface area contributed by atoms with Crippen molar-refractivity contribution in [2.24, 2.45) is 5.41 Å². The van der Waals surface area contributed by atoms with Crippen molar-refractivity contribution >= 4 is 50.1 Å². The Kier molecular flexibility index (Phi) is 3.98. The molecular formula is C16H15IN2O2S. The number of nitrogens with zero attached hydrogens (tertiary/aromatic N) is 2. The lowest BCUT2D eigenvalue weighted by Crippen LogP contribution is -2.31. The van der Waals surface area contributed by atoms with Gasteiger partial charge in [0.15, 0.2) is 0 Å². The lowest BCUT2D eigenvalue weighted by atomic mass is 9.98. The van der Waals surface area contributed by atoms with Crippen LogP contribution in [0.5, 0.6) is 0 Å². The van der Waals surface area contributed by atoms with E-state index in [2.05, 4.69) is 39.8 Å². The fourth-order valence-electron chi connectivity index (χ4n) is 1.88. The molecule has 2 aromatic heterocycles. The summed E-state index contributed by atoms with van der Waals surface area (Å²) in [5.41, 5.74) is 1.40. The largest absolute Gasteiger partial charge is 0.340 e. The highest BCUT2D eigenvalue weighted by Gasteiger charge is 2.26. The summed E-state index contributed by atoms with van der Waals surface area (Å²) in [6, 6.07) is 12.2. The van der Waals surface area contributed by atoms with E-state index in [1.54, 1.807) is 11.3 Å². The van der Waals surface area contributed by atoms with E-state index in [-0.39, 0.29) is 5.97 Å². The first-order chi connectivity index (χ1) is 10.4. The summed E-state index contributed by atoms with van der Waals surface area (Å²) in [6.45, 7) is 5.47. The number of thiophene rings is 1. The van der Waals surface area contributed by atoms with Crippen molar-refractivity contribution in [3.05, 3.63) is 40.1 Å². The third kappa shape index (κ3) is 2.89. The molecule has 1 aromatic carbocycles. The van der Waals surface area contributed by atoms with Crippen LogP contribution in [0.2, 0.25) is 0 Å². The van der Waals surface area contributed by atoms with Gasteiger partial charge in [0.25, 0.3) is 0 Å². The monoisotopic (exact) mass is 426 g/mol. The van der Waals surface area contributed by atoms with Crippen LogP contribution in [0.4, 0.5) is 0 Å². The molecule has 0 saturated carbocycles. The number of hydrogen-bond donors (Lipinski definition) is 0. The molecule has 3 aromatic rings. The van der Waals surface area contributed by atoms with E-state index >= 15 is 0 Å². The summed E-state index contributed by atoms with van der Waals surface area (Å²) in [5.74, 6) is -0.305. The molecule has 0 unspecified atom stereocenters. The molecule has 0 N–H and O–H groups in total. The predicted octanol–water partition coefficient (Wildman–Crippen LogP) is 4.37. The van der Waals surface area contributed by atoms with Gasteiger partial charge in [-0.1, -0.05) is 35.2 Å². The van der Waals surface area contributed by atoms with Crippen molar-refractivity contribution in [2.75, 3.05) is 0 Å². The average Bonchev–Trinajstić information content (AvgIpc) is 3.01. The standard InChI is InChI=1S/C16H15IN2O2S/c1-16(2,3)15(20)21-19-11-9-12(10-7-5-4-6-8-10)22-13(11)14(17)18-19/h4-9H,1-3H3. The van der Waals surface area contributed by atoms with Gasteiger partial charge in [0.1, 0.15) is 9.22 Å². The number of aromatic nitrogens is 2. The molecule has 0 aliphatic heterocycles. The molecule has 0 saturated heterocycles. The van der Waals surface area contributed by atoms with E-state index in [1.807, 2.05) is 45.0 Å². The third-order valence-electron chi connectivity index (χ3n) is 3.12. The quantitative estimate of drug-likeness (QED) is 0.572. The van der Waals surface area contributed by atoms with Crippen LogP contribution in [0, 0.1) is 9.12 Å². The van der Waals surface area contributed by atoms with Crippen molar-refractivity contribution in [3.8, 4) is 10.4 Å². The van der Waals surface area contributed by atoms with E-state index in [1.165, 1.54) is 4.85 Å². The molecule has 0 radical (unpaired) electrons. The first-order valence-electron chi connectivity index (χ1n) is 6.82. The molecule has 0 aliphatic carbocycles. The maximum Gasteiger partial charge on any atom is 0.340 e. The summed E-state index contributed by atoms with van der Waals surface area (Å²) in [4.78, 5) is 20.0. The van der Waals surface area contributed by atoms with Crippen LogP contribution in [0.15, 0.2) is 36.4 Å². The molecular weight excluding hydrogens is 411 g/mol. The topological polar surface area (TPSA) is 44.1 Å². The average molecular weight is 426 g/mol. The fraction of sp³-hybridized carbons (Fsp3) is 0.250. The van der Waals surface area contributed by atoms with Crippen LogP contribution in [0.1, 0.15) is 20.8 Å². The molecule has 0 aliphatic rings. The van der Waals surface area contributed by atoms with Crippen molar-refractivity contribution in [1.82, 2.24) is 9.94 Å². The van der Waals surface area contributed by atoms with Gasteiger partial charge in [-0.05, 0) is 55.0 Å². The number of hydrogen-bond acceptors (Lipinski definition) is 4. The molecule has 114 valence electrons. The predicted molar refractivity (Wildman–Crippen MR) is 96.8 cm³/mol. The maximum atomic E-state index is 12.1. The van der Waals surface area contributed by atoms with E-state index in [4.69, 9.17) is 4.84 Å². The van der Waals surface area contributed by atoms with E-state index in [0.29, 0.717) is 0 Å². The second-order valence-electron chi connectivity index (χ2n) is 5.98. The lowest BCUT2D eigenvalue weighted by molar-refractivity contribution is -0.154. The van der Waals surface area contributed by atoms with Crippen LogP contribution in [0.25, 0.3) is 20.7 Å². The highest BCUT2D eigenvalue weighted by atomic mass is 127. The number of benzene rings is 1. The van der Waals surface area contributed by atoms with Gasteiger partial charge < -0.3 is 4.84 Å². The Morgan fingerprint density at radius 3 is 2.59 bits per heavy atom. The van der Waals surface area contributed by atoms with Crippen LogP contribution in [-0.4, -0.2) is 15.9 Å². The molecule has 6 heteroatoms. The van der Waals surface area contributed by atoms with Crippen LogP contribution < -0.4 is 4.84 Å². The molecule has 0 fully saturated rings. The van der Waals surface area contributed by atoms with Crippen LogP contribution in [-0.2, 0) is 4.79 Å². The van der Waals surface area contributed by atoms with Crippen molar-refractivity contribution in [2.45, 2.75) is 20.8 Å². The van der Waals surface area contributed by atoms with Crippen LogP contribution >= 0.6 is 33.9 Å². The zero-order valence-electron chi connectivity index (χ0n) is 12.5.